The van der Waals surface area contributed by atoms with E-state index >= 15 is 0 Å². The van der Waals surface area contributed by atoms with E-state index < -0.39 is 0 Å². The first-order valence-electron chi connectivity index (χ1n) is 9.78. The van der Waals surface area contributed by atoms with Gasteiger partial charge in [0, 0.05) is 37.7 Å². The van der Waals surface area contributed by atoms with Crippen molar-refractivity contribution in [2.45, 2.75) is 31.8 Å². The number of aryl methyl sites for hydroxylation is 1. The summed E-state index contributed by atoms with van der Waals surface area (Å²) < 4.78 is 13.0. The number of ether oxygens (including phenoxy) is 2. The van der Waals surface area contributed by atoms with Crippen LogP contribution in [0.5, 0.6) is 11.5 Å². The van der Waals surface area contributed by atoms with Crippen molar-refractivity contribution in [1.29, 1.82) is 0 Å². The fourth-order valence-corrected chi connectivity index (χ4v) is 3.83. The maximum absolute atomic E-state index is 12.5. The van der Waals surface area contributed by atoms with Crippen LogP contribution in [0.2, 0.25) is 0 Å². The molecule has 6 nitrogen and oxygen atoms in total. The molecule has 1 atom stereocenters. The molecule has 2 aromatic carbocycles. The number of carbonyl (C=O) groups excluding carboxylic acids is 1. The largest absolute Gasteiger partial charge is 0.497 e. The Morgan fingerprint density at radius 1 is 1.17 bits per heavy atom. The molecule has 1 aliphatic heterocycles. The summed E-state index contributed by atoms with van der Waals surface area (Å²) in [5, 5.41) is 2.95. The molecule has 1 amide bonds. The van der Waals surface area contributed by atoms with Crippen LogP contribution in [0.3, 0.4) is 0 Å². The van der Waals surface area contributed by atoms with Crippen molar-refractivity contribution in [1.82, 2.24) is 14.9 Å². The maximum atomic E-state index is 12.5. The van der Waals surface area contributed by atoms with Gasteiger partial charge in [0.1, 0.15) is 23.0 Å². The van der Waals surface area contributed by atoms with Gasteiger partial charge in [0.25, 0.3) is 5.91 Å². The van der Waals surface area contributed by atoms with Crippen molar-refractivity contribution < 1.29 is 14.3 Å². The average molecular weight is 391 g/mol. The molecule has 0 radical (unpaired) electrons. The topological polar surface area (TPSA) is 65.4 Å². The summed E-state index contributed by atoms with van der Waals surface area (Å²) in [6, 6.07) is 15.8. The van der Waals surface area contributed by atoms with Crippen molar-refractivity contribution in [3.05, 3.63) is 77.4 Å². The molecule has 0 aliphatic carbocycles. The van der Waals surface area contributed by atoms with Crippen LogP contribution >= 0.6 is 0 Å². The lowest BCUT2D eigenvalue weighted by molar-refractivity contribution is 0.0946. The van der Waals surface area contributed by atoms with Crippen molar-refractivity contribution in [3.8, 4) is 11.5 Å². The predicted molar refractivity (Wildman–Crippen MR) is 110 cm³/mol. The summed E-state index contributed by atoms with van der Waals surface area (Å²) >= 11 is 0. The molecule has 0 bridgehead atoms. The Hall–Kier alpha value is -3.28. The van der Waals surface area contributed by atoms with Crippen molar-refractivity contribution in [3.63, 3.8) is 0 Å². The quantitative estimate of drug-likeness (QED) is 0.698. The zero-order valence-electron chi connectivity index (χ0n) is 16.7. The molecule has 1 aliphatic rings. The SMILES string of the molecule is COc1ccc([C@H]2CCc3nc(C(=O)NCc4ccccc4)cn3C2)c(OC)c1. The number of aromatic nitrogens is 2. The molecule has 150 valence electrons. The third-order valence-corrected chi connectivity index (χ3v) is 5.40. The lowest BCUT2D eigenvalue weighted by Crippen LogP contribution is -2.23. The van der Waals surface area contributed by atoms with Gasteiger partial charge in [-0.15, -0.1) is 0 Å². The predicted octanol–water partition coefficient (Wildman–Crippen LogP) is 3.56. The summed E-state index contributed by atoms with van der Waals surface area (Å²) in [6.45, 7) is 1.27. The highest BCUT2D eigenvalue weighted by molar-refractivity contribution is 5.92. The van der Waals surface area contributed by atoms with E-state index in [9.17, 15) is 4.79 Å². The number of amides is 1. The summed E-state index contributed by atoms with van der Waals surface area (Å²) in [5.41, 5.74) is 2.69. The second kappa shape index (κ2) is 8.39. The normalized spacial score (nSPS) is 15.4. The van der Waals surface area contributed by atoms with E-state index in [1.54, 1.807) is 14.2 Å². The lowest BCUT2D eigenvalue weighted by Gasteiger charge is -2.25. The molecule has 0 saturated carbocycles. The Morgan fingerprint density at radius 3 is 2.76 bits per heavy atom. The van der Waals surface area contributed by atoms with Gasteiger partial charge in [-0.2, -0.15) is 0 Å². The zero-order valence-corrected chi connectivity index (χ0v) is 16.7. The first-order valence-corrected chi connectivity index (χ1v) is 9.78. The van der Waals surface area contributed by atoms with Crippen LogP contribution in [0.1, 0.15) is 39.8 Å². The number of rotatable bonds is 6. The van der Waals surface area contributed by atoms with E-state index in [2.05, 4.69) is 20.9 Å². The van der Waals surface area contributed by atoms with Crippen LogP contribution in [-0.4, -0.2) is 29.7 Å². The van der Waals surface area contributed by atoms with E-state index in [-0.39, 0.29) is 5.91 Å². The average Bonchev–Trinajstić information content (AvgIpc) is 3.21. The summed E-state index contributed by atoms with van der Waals surface area (Å²) in [5.74, 6) is 2.73. The molecule has 1 N–H and O–H groups in total. The highest BCUT2D eigenvalue weighted by atomic mass is 16.5. The third-order valence-electron chi connectivity index (χ3n) is 5.40. The lowest BCUT2D eigenvalue weighted by atomic mass is 9.91. The molecule has 0 unspecified atom stereocenters. The molecular weight excluding hydrogens is 366 g/mol. The van der Waals surface area contributed by atoms with Crippen molar-refractivity contribution in [2.24, 2.45) is 0 Å². The molecule has 0 spiro atoms. The monoisotopic (exact) mass is 391 g/mol. The minimum absolute atomic E-state index is 0.144. The van der Waals surface area contributed by atoms with Gasteiger partial charge in [-0.05, 0) is 23.6 Å². The molecule has 2 heterocycles. The van der Waals surface area contributed by atoms with Gasteiger partial charge in [0.15, 0.2) is 0 Å². The van der Waals surface area contributed by atoms with E-state index in [1.165, 1.54) is 0 Å². The van der Waals surface area contributed by atoms with E-state index in [0.29, 0.717) is 18.2 Å². The highest BCUT2D eigenvalue weighted by Crippen LogP contribution is 2.36. The molecule has 1 aromatic heterocycles. The van der Waals surface area contributed by atoms with Crippen LogP contribution in [0.4, 0.5) is 0 Å². The van der Waals surface area contributed by atoms with Gasteiger partial charge in [0.2, 0.25) is 0 Å². The highest BCUT2D eigenvalue weighted by Gasteiger charge is 2.25. The number of methoxy groups -OCH3 is 2. The Morgan fingerprint density at radius 2 is 2.00 bits per heavy atom. The molecule has 6 heteroatoms. The van der Waals surface area contributed by atoms with Gasteiger partial charge in [-0.25, -0.2) is 4.98 Å². The Labute approximate surface area is 170 Å². The van der Waals surface area contributed by atoms with Crippen LogP contribution in [-0.2, 0) is 19.5 Å². The van der Waals surface area contributed by atoms with E-state index in [1.807, 2.05) is 48.7 Å². The Balaban J connectivity index is 1.47. The Bertz CT molecular complexity index is 998. The zero-order chi connectivity index (χ0) is 20.2. The van der Waals surface area contributed by atoms with Crippen LogP contribution in [0, 0.1) is 0 Å². The summed E-state index contributed by atoms with van der Waals surface area (Å²) in [4.78, 5) is 17.1. The van der Waals surface area contributed by atoms with Crippen molar-refractivity contribution >= 4 is 5.91 Å². The number of fused-ring (bicyclic) bond motifs is 1. The number of hydrogen-bond acceptors (Lipinski definition) is 4. The first-order chi connectivity index (χ1) is 14.2. The third kappa shape index (κ3) is 4.11. The minimum Gasteiger partial charge on any atom is -0.497 e. The number of benzene rings is 2. The summed E-state index contributed by atoms with van der Waals surface area (Å²) in [6.07, 6.45) is 3.65. The van der Waals surface area contributed by atoms with E-state index in [0.717, 1.165) is 47.8 Å². The summed E-state index contributed by atoms with van der Waals surface area (Å²) in [7, 11) is 3.33. The van der Waals surface area contributed by atoms with Crippen LogP contribution in [0.25, 0.3) is 0 Å². The Kier molecular flexibility index (Phi) is 5.51. The van der Waals surface area contributed by atoms with Gasteiger partial charge in [-0.1, -0.05) is 36.4 Å². The molecule has 0 saturated heterocycles. The molecule has 4 rings (SSSR count). The van der Waals surface area contributed by atoms with Gasteiger partial charge in [-0.3, -0.25) is 4.79 Å². The molecule has 3 aromatic rings. The second-order valence-corrected chi connectivity index (χ2v) is 7.21. The number of carbonyl (C=O) groups is 1. The molecule has 29 heavy (non-hydrogen) atoms. The standard InChI is InChI=1S/C23H25N3O3/c1-28-18-9-10-19(21(12-18)29-2)17-8-11-22-25-20(15-26(22)14-17)23(27)24-13-16-6-4-3-5-7-16/h3-7,9-10,12,15,17H,8,11,13-14H2,1-2H3,(H,24,27)/t17-/m0/s1. The molecule has 0 fully saturated rings. The van der Waals surface area contributed by atoms with Gasteiger partial charge >= 0.3 is 0 Å². The number of nitrogens with zero attached hydrogens (tertiary/aromatic N) is 2. The number of imidazole rings is 1. The first kappa shape index (κ1) is 19.1. The van der Waals surface area contributed by atoms with E-state index in [4.69, 9.17) is 9.47 Å². The maximum Gasteiger partial charge on any atom is 0.271 e. The van der Waals surface area contributed by atoms with Crippen molar-refractivity contribution in [2.75, 3.05) is 14.2 Å². The van der Waals surface area contributed by atoms with Gasteiger partial charge in [0.05, 0.1) is 14.2 Å². The molecular formula is C23H25N3O3. The minimum atomic E-state index is -0.144. The van der Waals surface area contributed by atoms with Crippen LogP contribution < -0.4 is 14.8 Å². The number of hydrogen-bond donors (Lipinski definition) is 1. The smallest absolute Gasteiger partial charge is 0.271 e. The van der Waals surface area contributed by atoms with Gasteiger partial charge < -0.3 is 19.4 Å². The second-order valence-electron chi connectivity index (χ2n) is 7.21. The number of nitrogens with one attached hydrogen (secondary N) is 1. The fraction of sp³-hybridized carbons (Fsp3) is 0.304. The van der Waals surface area contributed by atoms with Crippen LogP contribution in [0.15, 0.2) is 54.7 Å². The fourth-order valence-electron chi connectivity index (χ4n) is 3.83.